The quantitative estimate of drug-likeness (QED) is 0.690. The highest BCUT2D eigenvalue weighted by Crippen LogP contribution is 2.23. The van der Waals surface area contributed by atoms with Gasteiger partial charge in [0.05, 0.1) is 11.4 Å². The fraction of sp³-hybridized carbons (Fsp3) is 0.385. The Balaban J connectivity index is 1.93. The Hall–Kier alpha value is -2.22. The number of hydrogen-bond donors (Lipinski definition) is 3. The third kappa shape index (κ3) is 4.12. The zero-order valence-electron chi connectivity index (χ0n) is 11.4. The molecule has 0 spiro atoms. The normalized spacial score (nSPS) is 18.0. The fourth-order valence-corrected chi connectivity index (χ4v) is 2.86. The number of anilines is 1. The molecule has 0 radical (unpaired) electrons. The number of piperidine rings is 1. The van der Waals surface area contributed by atoms with E-state index in [9.17, 15) is 19.2 Å². The van der Waals surface area contributed by atoms with Crippen LogP contribution in [0.15, 0.2) is 11.4 Å². The average Bonchev–Trinajstić information content (AvgIpc) is 2.79. The minimum absolute atomic E-state index is 0.0663. The SMILES string of the molecule is CC(=O)Nc1sccc1CC(=O)NC1CCC(=O)NC1=O. The van der Waals surface area contributed by atoms with Gasteiger partial charge in [0.1, 0.15) is 6.04 Å². The van der Waals surface area contributed by atoms with Gasteiger partial charge < -0.3 is 10.6 Å². The van der Waals surface area contributed by atoms with E-state index in [0.717, 1.165) is 0 Å². The van der Waals surface area contributed by atoms with Crippen LogP contribution in [0.3, 0.4) is 0 Å². The molecule has 8 heteroatoms. The van der Waals surface area contributed by atoms with Crippen LogP contribution in [0.1, 0.15) is 25.3 Å². The van der Waals surface area contributed by atoms with E-state index < -0.39 is 11.9 Å². The summed E-state index contributed by atoms with van der Waals surface area (Å²) in [5.41, 5.74) is 0.694. The maximum Gasteiger partial charge on any atom is 0.249 e. The van der Waals surface area contributed by atoms with Gasteiger partial charge in [-0.2, -0.15) is 0 Å². The summed E-state index contributed by atoms with van der Waals surface area (Å²) in [5, 5.41) is 9.84. The molecular formula is C13H15N3O4S. The van der Waals surface area contributed by atoms with Crippen LogP contribution < -0.4 is 16.0 Å². The average molecular weight is 309 g/mol. The van der Waals surface area contributed by atoms with Gasteiger partial charge in [0.15, 0.2) is 0 Å². The molecule has 7 nitrogen and oxygen atoms in total. The Morgan fingerprint density at radius 3 is 2.86 bits per heavy atom. The van der Waals surface area contributed by atoms with E-state index in [1.165, 1.54) is 18.3 Å². The summed E-state index contributed by atoms with van der Waals surface area (Å²) >= 11 is 1.33. The van der Waals surface area contributed by atoms with E-state index in [0.29, 0.717) is 17.0 Å². The second-order valence-corrected chi connectivity index (χ2v) is 5.62. The predicted molar refractivity (Wildman–Crippen MR) is 76.6 cm³/mol. The molecule has 1 aromatic rings. The van der Waals surface area contributed by atoms with Gasteiger partial charge in [0, 0.05) is 13.3 Å². The minimum atomic E-state index is -0.682. The molecule has 0 aromatic carbocycles. The Bertz CT molecular complexity index is 596. The number of carbonyl (C=O) groups excluding carboxylic acids is 4. The van der Waals surface area contributed by atoms with Crippen molar-refractivity contribution in [1.82, 2.24) is 10.6 Å². The summed E-state index contributed by atoms with van der Waals surface area (Å²) in [7, 11) is 0. The molecule has 4 amide bonds. The van der Waals surface area contributed by atoms with Crippen molar-refractivity contribution >= 4 is 40.0 Å². The van der Waals surface area contributed by atoms with Gasteiger partial charge in [-0.05, 0) is 23.4 Å². The number of thiophene rings is 1. The lowest BCUT2D eigenvalue weighted by Gasteiger charge is -2.21. The highest BCUT2D eigenvalue weighted by Gasteiger charge is 2.27. The van der Waals surface area contributed by atoms with E-state index in [1.807, 2.05) is 0 Å². The summed E-state index contributed by atoms with van der Waals surface area (Å²) in [4.78, 5) is 45.6. The van der Waals surface area contributed by atoms with Gasteiger partial charge in [0.25, 0.3) is 0 Å². The van der Waals surface area contributed by atoms with E-state index in [4.69, 9.17) is 0 Å². The molecular weight excluding hydrogens is 294 g/mol. The molecule has 1 aliphatic rings. The molecule has 21 heavy (non-hydrogen) atoms. The molecule has 3 N–H and O–H groups in total. The smallest absolute Gasteiger partial charge is 0.249 e. The first-order valence-corrected chi connectivity index (χ1v) is 7.30. The maximum absolute atomic E-state index is 12.0. The highest BCUT2D eigenvalue weighted by molar-refractivity contribution is 7.14. The molecule has 0 bridgehead atoms. The number of hydrogen-bond acceptors (Lipinski definition) is 5. The van der Waals surface area contributed by atoms with Crippen molar-refractivity contribution in [3.63, 3.8) is 0 Å². The molecule has 1 atom stereocenters. The number of amides is 4. The monoisotopic (exact) mass is 309 g/mol. The first kappa shape index (κ1) is 15.2. The van der Waals surface area contributed by atoms with Crippen LogP contribution in [0.25, 0.3) is 0 Å². The van der Waals surface area contributed by atoms with E-state index in [2.05, 4.69) is 16.0 Å². The number of rotatable bonds is 4. The van der Waals surface area contributed by atoms with E-state index >= 15 is 0 Å². The second-order valence-electron chi connectivity index (χ2n) is 4.70. The molecule has 1 fully saturated rings. The summed E-state index contributed by atoms with van der Waals surface area (Å²) in [6.45, 7) is 1.40. The molecule has 112 valence electrons. The zero-order chi connectivity index (χ0) is 15.4. The molecule has 1 aromatic heterocycles. The first-order chi connectivity index (χ1) is 9.95. The Morgan fingerprint density at radius 2 is 2.19 bits per heavy atom. The molecule has 0 aliphatic carbocycles. The van der Waals surface area contributed by atoms with Crippen molar-refractivity contribution in [2.45, 2.75) is 32.2 Å². The third-order valence-corrected chi connectivity index (χ3v) is 3.83. The molecule has 1 saturated heterocycles. The van der Waals surface area contributed by atoms with Crippen molar-refractivity contribution < 1.29 is 19.2 Å². The van der Waals surface area contributed by atoms with E-state index in [1.54, 1.807) is 11.4 Å². The lowest BCUT2D eigenvalue weighted by molar-refractivity contribution is -0.137. The third-order valence-electron chi connectivity index (χ3n) is 2.96. The summed E-state index contributed by atoms with van der Waals surface area (Å²) in [6.07, 6.45) is 0.585. The predicted octanol–water partition coefficient (Wildman–Crippen LogP) is 0.170. The molecule has 2 rings (SSSR count). The van der Waals surface area contributed by atoms with Crippen LogP contribution >= 0.6 is 11.3 Å². The second kappa shape index (κ2) is 6.49. The Labute approximate surface area is 125 Å². The number of carbonyl (C=O) groups is 4. The summed E-state index contributed by atoms with van der Waals surface area (Å²) in [6, 6.07) is 1.07. The van der Waals surface area contributed by atoms with Crippen LogP contribution in [0.2, 0.25) is 0 Å². The van der Waals surface area contributed by atoms with Crippen molar-refractivity contribution in [1.29, 1.82) is 0 Å². The largest absolute Gasteiger partial charge is 0.344 e. The van der Waals surface area contributed by atoms with Crippen LogP contribution in [-0.2, 0) is 25.6 Å². The van der Waals surface area contributed by atoms with Crippen LogP contribution in [0, 0.1) is 0 Å². The van der Waals surface area contributed by atoms with Crippen LogP contribution in [-0.4, -0.2) is 29.7 Å². The lowest BCUT2D eigenvalue weighted by Crippen LogP contribution is -2.52. The zero-order valence-corrected chi connectivity index (χ0v) is 12.2. The minimum Gasteiger partial charge on any atom is -0.344 e. The van der Waals surface area contributed by atoms with Gasteiger partial charge in [-0.1, -0.05) is 0 Å². The fourth-order valence-electron chi connectivity index (χ4n) is 1.99. The molecule has 1 unspecified atom stereocenters. The molecule has 0 saturated carbocycles. The van der Waals surface area contributed by atoms with Crippen LogP contribution in [0.4, 0.5) is 5.00 Å². The number of nitrogens with one attached hydrogen (secondary N) is 3. The van der Waals surface area contributed by atoms with Crippen molar-refractivity contribution in [2.75, 3.05) is 5.32 Å². The maximum atomic E-state index is 12.0. The van der Waals surface area contributed by atoms with E-state index in [-0.39, 0.29) is 30.6 Å². The van der Waals surface area contributed by atoms with Gasteiger partial charge in [-0.25, -0.2) is 0 Å². The standard InChI is InChI=1S/C13H15N3O4S/c1-7(17)14-13-8(4-5-21-13)6-11(19)15-9-2-3-10(18)16-12(9)20/h4-5,9H,2-3,6H2,1H3,(H,14,17)(H,15,19)(H,16,18,20). The molecule has 2 heterocycles. The topological polar surface area (TPSA) is 104 Å². The van der Waals surface area contributed by atoms with Gasteiger partial charge >= 0.3 is 0 Å². The Kier molecular flexibility index (Phi) is 4.69. The highest BCUT2D eigenvalue weighted by atomic mass is 32.1. The van der Waals surface area contributed by atoms with Crippen molar-refractivity contribution in [2.24, 2.45) is 0 Å². The summed E-state index contributed by atoms with van der Waals surface area (Å²) < 4.78 is 0. The van der Waals surface area contributed by atoms with Gasteiger partial charge in [-0.15, -0.1) is 11.3 Å². The number of imide groups is 1. The lowest BCUT2D eigenvalue weighted by atomic mass is 10.1. The van der Waals surface area contributed by atoms with Crippen LogP contribution in [0.5, 0.6) is 0 Å². The Morgan fingerprint density at radius 1 is 1.43 bits per heavy atom. The summed E-state index contributed by atoms with van der Waals surface area (Å²) in [5.74, 6) is -1.33. The van der Waals surface area contributed by atoms with Gasteiger partial charge in [0.2, 0.25) is 23.6 Å². The molecule has 1 aliphatic heterocycles. The van der Waals surface area contributed by atoms with Crippen molar-refractivity contribution in [3.05, 3.63) is 17.0 Å². The first-order valence-electron chi connectivity index (χ1n) is 6.42. The van der Waals surface area contributed by atoms with Gasteiger partial charge in [-0.3, -0.25) is 24.5 Å². The van der Waals surface area contributed by atoms with Crippen molar-refractivity contribution in [3.8, 4) is 0 Å².